The zero-order valence-corrected chi connectivity index (χ0v) is 17.0. The second-order valence-electron chi connectivity index (χ2n) is 7.28. The van der Waals surface area contributed by atoms with Crippen LogP contribution in [0, 0.1) is 0 Å². The fourth-order valence-electron chi connectivity index (χ4n) is 3.56. The van der Waals surface area contributed by atoms with Crippen molar-refractivity contribution < 1.29 is 5.11 Å². The summed E-state index contributed by atoms with van der Waals surface area (Å²) in [7, 11) is 0. The van der Waals surface area contributed by atoms with E-state index in [9.17, 15) is 5.11 Å². The summed E-state index contributed by atoms with van der Waals surface area (Å²) < 4.78 is 1.82. The maximum atomic E-state index is 9.77. The molecule has 0 aliphatic rings. The third kappa shape index (κ3) is 4.53. The van der Waals surface area contributed by atoms with Crippen LogP contribution in [0.5, 0.6) is 6.01 Å². The number of hydrogen-bond acceptors (Lipinski definition) is 6. The molecule has 0 saturated heterocycles. The molecule has 0 spiro atoms. The second kappa shape index (κ2) is 9.30. The molecule has 2 aromatic carbocycles. The van der Waals surface area contributed by atoms with Gasteiger partial charge in [0.2, 0.25) is 0 Å². The first-order valence-corrected chi connectivity index (χ1v) is 10.3. The Labute approximate surface area is 175 Å². The van der Waals surface area contributed by atoms with Crippen molar-refractivity contribution in [2.45, 2.75) is 45.6 Å². The van der Waals surface area contributed by atoms with Crippen molar-refractivity contribution in [3.8, 4) is 28.5 Å². The van der Waals surface area contributed by atoms with E-state index in [0.717, 1.165) is 47.5 Å². The van der Waals surface area contributed by atoms with Crippen molar-refractivity contribution in [2.75, 3.05) is 0 Å². The average molecular weight is 403 g/mol. The molecule has 8 nitrogen and oxygen atoms in total. The lowest BCUT2D eigenvalue weighted by molar-refractivity contribution is 0.419. The van der Waals surface area contributed by atoms with Crippen LogP contribution in [0.15, 0.2) is 48.5 Å². The van der Waals surface area contributed by atoms with Crippen LogP contribution >= 0.6 is 0 Å². The lowest BCUT2D eigenvalue weighted by atomic mass is 9.98. The van der Waals surface area contributed by atoms with Gasteiger partial charge in [0.25, 0.3) is 0 Å². The SMILES string of the molecule is CCCCCCn1nc(O)nc1Cc1ccc(-c2ccccc2-c2nnn[nH]2)cc1. The number of benzene rings is 2. The number of H-pyrrole nitrogens is 1. The smallest absolute Gasteiger partial charge is 0.333 e. The van der Waals surface area contributed by atoms with Gasteiger partial charge in [0.15, 0.2) is 5.82 Å². The van der Waals surface area contributed by atoms with Crippen LogP contribution in [0.1, 0.15) is 44.0 Å². The van der Waals surface area contributed by atoms with Crippen molar-refractivity contribution in [2.24, 2.45) is 0 Å². The van der Waals surface area contributed by atoms with Gasteiger partial charge in [-0.3, -0.25) is 0 Å². The van der Waals surface area contributed by atoms with E-state index in [1.54, 1.807) is 0 Å². The summed E-state index contributed by atoms with van der Waals surface area (Å²) in [4.78, 5) is 4.21. The number of aromatic hydroxyl groups is 1. The Morgan fingerprint density at radius 2 is 1.77 bits per heavy atom. The fourth-order valence-corrected chi connectivity index (χ4v) is 3.56. The van der Waals surface area contributed by atoms with Crippen LogP contribution in [0.2, 0.25) is 0 Å². The molecule has 0 fully saturated rings. The maximum absolute atomic E-state index is 9.77. The molecule has 2 heterocycles. The number of unbranched alkanes of at least 4 members (excludes halogenated alkanes) is 3. The molecule has 0 unspecified atom stereocenters. The van der Waals surface area contributed by atoms with Crippen LogP contribution in [-0.2, 0) is 13.0 Å². The zero-order chi connectivity index (χ0) is 20.8. The number of aromatic nitrogens is 7. The van der Waals surface area contributed by atoms with Crippen molar-refractivity contribution in [3.63, 3.8) is 0 Å². The third-order valence-electron chi connectivity index (χ3n) is 5.12. The Hall–Kier alpha value is -3.55. The number of nitrogens with one attached hydrogen (secondary N) is 1. The molecule has 0 saturated carbocycles. The van der Waals surface area contributed by atoms with Gasteiger partial charge in [-0.25, -0.2) is 9.78 Å². The average Bonchev–Trinajstić information content (AvgIpc) is 3.42. The van der Waals surface area contributed by atoms with E-state index in [-0.39, 0.29) is 6.01 Å². The molecule has 4 rings (SSSR count). The van der Waals surface area contributed by atoms with Gasteiger partial charge in [-0.15, -0.1) is 10.2 Å². The summed E-state index contributed by atoms with van der Waals surface area (Å²) in [5.74, 6) is 1.42. The predicted octanol–water partition coefficient (Wildman–Crippen LogP) is 4.00. The first-order valence-electron chi connectivity index (χ1n) is 10.3. The Morgan fingerprint density at radius 1 is 0.967 bits per heavy atom. The highest BCUT2D eigenvalue weighted by atomic mass is 16.3. The molecule has 4 aromatic rings. The molecule has 2 aromatic heterocycles. The van der Waals surface area contributed by atoms with Gasteiger partial charge in [-0.1, -0.05) is 74.7 Å². The van der Waals surface area contributed by atoms with Gasteiger partial charge >= 0.3 is 6.01 Å². The lowest BCUT2D eigenvalue weighted by Crippen LogP contribution is -2.06. The summed E-state index contributed by atoms with van der Waals surface area (Å²) in [5.41, 5.74) is 4.20. The quantitative estimate of drug-likeness (QED) is 0.409. The molecule has 0 aliphatic heterocycles. The minimum absolute atomic E-state index is 0.160. The largest absolute Gasteiger partial charge is 0.478 e. The normalized spacial score (nSPS) is 11.1. The highest BCUT2D eigenvalue weighted by Crippen LogP contribution is 2.30. The Balaban J connectivity index is 1.51. The molecule has 0 aliphatic carbocycles. The molecule has 2 N–H and O–H groups in total. The molecule has 0 radical (unpaired) electrons. The van der Waals surface area contributed by atoms with Crippen LogP contribution in [-0.4, -0.2) is 40.5 Å². The van der Waals surface area contributed by atoms with Crippen molar-refractivity contribution in [3.05, 3.63) is 59.9 Å². The third-order valence-corrected chi connectivity index (χ3v) is 5.12. The van der Waals surface area contributed by atoms with Crippen LogP contribution in [0.3, 0.4) is 0 Å². The highest BCUT2D eigenvalue weighted by Gasteiger charge is 2.12. The molecular weight excluding hydrogens is 378 g/mol. The van der Waals surface area contributed by atoms with Crippen LogP contribution < -0.4 is 0 Å². The standard InChI is InChI=1S/C22H25N7O/c1-2-3-4-7-14-29-20(23-22(30)26-29)15-16-10-12-17(13-11-16)18-8-5-6-9-19(18)21-24-27-28-25-21/h5-6,8-13H,2-4,7,14-15H2,1H3,(H,26,30)(H,24,25,27,28). The number of aromatic amines is 1. The van der Waals surface area contributed by atoms with Gasteiger partial charge in [0, 0.05) is 18.5 Å². The maximum Gasteiger partial charge on any atom is 0.333 e. The first-order chi connectivity index (χ1) is 14.7. The molecule has 8 heteroatoms. The number of tetrazole rings is 1. The van der Waals surface area contributed by atoms with Gasteiger partial charge in [-0.2, -0.15) is 4.98 Å². The lowest BCUT2D eigenvalue weighted by Gasteiger charge is -2.09. The highest BCUT2D eigenvalue weighted by molar-refractivity contribution is 5.80. The van der Waals surface area contributed by atoms with Gasteiger partial charge in [0.1, 0.15) is 5.82 Å². The molecule has 154 valence electrons. The van der Waals surface area contributed by atoms with Crippen molar-refractivity contribution in [1.29, 1.82) is 0 Å². The minimum atomic E-state index is -0.160. The molecule has 30 heavy (non-hydrogen) atoms. The van der Waals surface area contributed by atoms with E-state index in [2.05, 4.69) is 68.0 Å². The predicted molar refractivity (Wildman–Crippen MR) is 114 cm³/mol. The van der Waals surface area contributed by atoms with Gasteiger partial charge < -0.3 is 5.11 Å². The minimum Gasteiger partial charge on any atom is -0.478 e. The zero-order valence-electron chi connectivity index (χ0n) is 17.0. The van der Waals surface area contributed by atoms with Crippen LogP contribution in [0.25, 0.3) is 22.5 Å². The first kappa shape index (κ1) is 19.8. The Morgan fingerprint density at radius 3 is 2.50 bits per heavy atom. The molecule has 0 atom stereocenters. The van der Waals surface area contributed by atoms with Crippen LogP contribution in [0.4, 0.5) is 0 Å². The van der Waals surface area contributed by atoms with E-state index < -0.39 is 0 Å². The summed E-state index contributed by atoms with van der Waals surface area (Å²) in [6, 6.07) is 16.2. The summed E-state index contributed by atoms with van der Waals surface area (Å²) in [6.45, 7) is 2.97. The van der Waals surface area contributed by atoms with E-state index in [0.29, 0.717) is 12.2 Å². The molecule has 0 bridgehead atoms. The summed E-state index contributed by atoms with van der Waals surface area (Å²) >= 11 is 0. The second-order valence-corrected chi connectivity index (χ2v) is 7.28. The number of rotatable bonds is 9. The molecule has 0 amide bonds. The summed E-state index contributed by atoms with van der Waals surface area (Å²) in [5, 5.41) is 28.1. The van der Waals surface area contributed by atoms with Gasteiger partial charge in [-0.05, 0) is 33.5 Å². The van der Waals surface area contributed by atoms with E-state index in [1.165, 1.54) is 12.8 Å². The van der Waals surface area contributed by atoms with Crippen molar-refractivity contribution >= 4 is 0 Å². The summed E-state index contributed by atoms with van der Waals surface area (Å²) in [6.07, 6.45) is 5.22. The van der Waals surface area contributed by atoms with E-state index >= 15 is 0 Å². The van der Waals surface area contributed by atoms with E-state index in [1.807, 2.05) is 22.9 Å². The number of aryl methyl sites for hydroxylation is 1. The number of nitrogens with zero attached hydrogens (tertiary/aromatic N) is 6. The number of hydrogen-bond donors (Lipinski definition) is 2. The van der Waals surface area contributed by atoms with E-state index in [4.69, 9.17) is 0 Å². The monoisotopic (exact) mass is 403 g/mol. The Bertz CT molecular complexity index is 1070. The fraction of sp³-hybridized carbons (Fsp3) is 0.318. The van der Waals surface area contributed by atoms with Crippen molar-refractivity contribution in [1.82, 2.24) is 35.4 Å². The topological polar surface area (TPSA) is 105 Å². The van der Waals surface area contributed by atoms with Gasteiger partial charge in [0.05, 0.1) is 0 Å². The molecular formula is C22H25N7O. The Kier molecular flexibility index (Phi) is 6.12.